The molecule has 27 heavy (non-hydrogen) atoms. The van der Waals surface area contributed by atoms with Crippen LogP contribution in [0.1, 0.15) is 36.5 Å². The summed E-state index contributed by atoms with van der Waals surface area (Å²) in [6.45, 7) is 5.00. The van der Waals surface area contributed by atoms with Crippen LogP contribution in [-0.2, 0) is 5.75 Å². The lowest BCUT2D eigenvalue weighted by molar-refractivity contribution is 0.309. The molecule has 0 aliphatic rings. The molecule has 2 aromatic carbocycles. The zero-order chi connectivity index (χ0) is 18.9. The molecule has 0 bridgehead atoms. The van der Waals surface area contributed by atoms with Crippen LogP contribution in [0.4, 0.5) is 0 Å². The first kappa shape index (κ1) is 19.2. The van der Waals surface area contributed by atoms with Crippen molar-refractivity contribution in [2.24, 2.45) is 5.10 Å². The van der Waals surface area contributed by atoms with Crippen LogP contribution in [0.15, 0.2) is 65.1 Å². The summed E-state index contributed by atoms with van der Waals surface area (Å²) < 4.78 is 7.38. The van der Waals surface area contributed by atoms with E-state index < -0.39 is 0 Å². The Hall–Kier alpha value is -2.60. The molecule has 0 atom stereocenters. The lowest BCUT2D eigenvalue weighted by atomic mass is 10.2. The van der Waals surface area contributed by atoms with Crippen molar-refractivity contribution in [3.8, 4) is 5.75 Å². The molecule has 0 spiro atoms. The molecule has 3 rings (SSSR count). The minimum atomic E-state index is 0.756. The fourth-order valence-corrected chi connectivity index (χ4v) is 3.16. The number of hydrogen-bond acceptors (Lipinski definition) is 5. The molecule has 0 unspecified atom stereocenters. The van der Waals surface area contributed by atoms with E-state index in [1.165, 1.54) is 11.1 Å². The van der Waals surface area contributed by atoms with E-state index in [4.69, 9.17) is 4.74 Å². The molecule has 6 heteroatoms. The fourth-order valence-electron chi connectivity index (χ4n) is 2.34. The molecule has 140 valence electrons. The van der Waals surface area contributed by atoms with Crippen LogP contribution in [0.3, 0.4) is 0 Å². The Morgan fingerprint density at radius 1 is 1.11 bits per heavy atom. The Morgan fingerprint density at radius 2 is 1.89 bits per heavy atom. The topological polar surface area (TPSA) is 52.3 Å². The lowest BCUT2D eigenvalue weighted by Gasteiger charge is -2.05. The van der Waals surface area contributed by atoms with E-state index >= 15 is 0 Å². The molecule has 0 saturated carbocycles. The van der Waals surface area contributed by atoms with Gasteiger partial charge >= 0.3 is 0 Å². The highest BCUT2D eigenvalue weighted by molar-refractivity contribution is 7.98. The summed E-state index contributed by atoms with van der Waals surface area (Å²) >= 11 is 1.62. The van der Waals surface area contributed by atoms with Gasteiger partial charge in [0.2, 0.25) is 5.16 Å². The second-order valence-electron chi connectivity index (χ2n) is 6.25. The van der Waals surface area contributed by atoms with Crippen LogP contribution < -0.4 is 4.74 Å². The normalized spacial score (nSPS) is 11.2. The van der Waals surface area contributed by atoms with Crippen molar-refractivity contribution >= 4 is 18.0 Å². The molecular formula is C21H24N4OS. The predicted octanol–water partition coefficient (Wildman–Crippen LogP) is 4.94. The first-order chi connectivity index (χ1) is 13.2. The summed E-state index contributed by atoms with van der Waals surface area (Å²) in [4.78, 5) is 0. The Bertz CT molecular complexity index is 857. The third-order valence-corrected chi connectivity index (χ3v) is 4.97. The van der Waals surface area contributed by atoms with Crippen molar-refractivity contribution < 1.29 is 4.74 Å². The van der Waals surface area contributed by atoms with E-state index in [2.05, 4.69) is 53.4 Å². The van der Waals surface area contributed by atoms with Crippen LogP contribution in [-0.4, -0.2) is 27.7 Å². The molecule has 0 saturated heterocycles. The number of unbranched alkanes of at least 4 members (excludes halogenated alkanes) is 1. The van der Waals surface area contributed by atoms with Gasteiger partial charge in [-0.15, -0.1) is 10.2 Å². The third-order valence-electron chi connectivity index (χ3n) is 3.97. The first-order valence-electron chi connectivity index (χ1n) is 9.10. The van der Waals surface area contributed by atoms with E-state index in [1.54, 1.807) is 29.0 Å². The van der Waals surface area contributed by atoms with E-state index in [9.17, 15) is 0 Å². The van der Waals surface area contributed by atoms with Crippen LogP contribution in [0.5, 0.6) is 5.75 Å². The first-order valence-corrected chi connectivity index (χ1v) is 10.1. The maximum Gasteiger partial charge on any atom is 0.212 e. The van der Waals surface area contributed by atoms with E-state index in [0.717, 1.165) is 41.7 Å². The molecule has 0 amide bonds. The number of aromatic nitrogens is 3. The molecule has 1 aromatic heterocycles. The highest BCUT2D eigenvalue weighted by atomic mass is 32.2. The Balaban J connectivity index is 1.57. The largest absolute Gasteiger partial charge is 0.494 e. The number of thioether (sulfide) groups is 1. The third kappa shape index (κ3) is 5.96. The molecule has 0 fully saturated rings. The maximum atomic E-state index is 5.68. The van der Waals surface area contributed by atoms with Crippen molar-refractivity contribution in [1.29, 1.82) is 0 Å². The second-order valence-corrected chi connectivity index (χ2v) is 7.19. The molecule has 0 N–H and O–H groups in total. The summed E-state index contributed by atoms with van der Waals surface area (Å²) in [6, 6.07) is 16.4. The van der Waals surface area contributed by atoms with Crippen molar-refractivity contribution in [3.05, 3.63) is 71.5 Å². The smallest absolute Gasteiger partial charge is 0.212 e. The number of rotatable bonds is 9. The van der Waals surface area contributed by atoms with Crippen LogP contribution in [0, 0.1) is 6.92 Å². The van der Waals surface area contributed by atoms with Crippen LogP contribution >= 0.6 is 11.8 Å². The molecule has 0 aliphatic heterocycles. The Labute approximate surface area is 164 Å². The monoisotopic (exact) mass is 380 g/mol. The maximum absolute atomic E-state index is 5.68. The van der Waals surface area contributed by atoms with Gasteiger partial charge in [0.15, 0.2) is 0 Å². The van der Waals surface area contributed by atoms with Gasteiger partial charge in [0.1, 0.15) is 12.1 Å². The lowest BCUT2D eigenvalue weighted by Crippen LogP contribution is -1.96. The number of hydrogen-bond donors (Lipinski definition) is 0. The minimum Gasteiger partial charge on any atom is -0.494 e. The summed E-state index contributed by atoms with van der Waals surface area (Å²) in [5.74, 6) is 1.72. The number of benzene rings is 2. The molecule has 0 radical (unpaired) electrons. The number of nitrogens with zero attached hydrogens (tertiary/aromatic N) is 4. The SMILES string of the molecule is CCCCOc1ccc(C=Nn2cnnc2SCc2ccc(C)cc2)cc1. The van der Waals surface area contributed by atoms with E-state index in [-0.39, 0.29) is 0 Å². The van der Waals surface area contributed by atoms with Crippen molar-refractivity contribution in [2.45, 2.75) is 37.6 Å². The Morgan fingerprint density at radius 3 is 2.63 bits per heavy atom. The van der Waals surface area contributed by atoms with Gasteiger partial charge in [0.05, 0.1) is 12.8 Å². The summed E-state index contributed by atoms with van der Waals surface area (Å²) in [7, 11) is 0. The van der Waals surface area contributed by atoms with Crippen LogP contribution in [0.2, 0.25) is 0 Å². The Kier molecular flexibility index (Phi) is 7.04. The van der Waals surface area contributed by atoms with Gasteiger partial charge in [-0.1, -0.05) is 54.9 Å². The average Bonchev–Trinajstić information content (AvgIpc) is 3.14. The highest BCUT2D eigenvalue weighted by Gasteiger charge is 2.04. The second kappa shape index (κ2) is 9.92. The predicted molar refractivity (Wildman–Crippen MR) is 111 cm³/mol. The van der Waals surface area contributed by atoms with Crippen molar-refractivity contribution in [2.75, 3.05) is 6.61 Å². The summed E-state index contributed by atoms with van der Waals surface area (Å²) in [5, 5.41) is 13.4. The number of aryl methyl sites for hydroxylation is 1. The highest BCUT2D eigenvalue weighted by Crippen LogP contribution is 2.21. The van der Waals surface area contributed by atoms with E-state index in [0.29, 0.717) is 0 Å². The van der Waals surface area contributed by atoms with E-state index in [1.807, 2.05) is 24.3 Å². The standard InChI is InChI=1S/C21H24N4OS/c1-3-4-13-26-20-11-9-18(10-12-20)14-23-25-16-22-24-21(25)27-15-19-7-5-17(2)6-8-19/h5-12,14,16H,3-4,13,15H2,1-2H3. The van der Waals surface area contributed by atoms with Gasteiger partial charge in [-0.25, -0.2) is 0 Å². The molecule has 5 nitrogen and oxygen atoms in total. The van der Waals surface area contributed by atoms with Gasteiger partial charge in [0.25, 0.3) is 0 Å². The molecule has 3 aromatic rings. The van der Waals surface area contributed by atoms with Gasteiger partial charge in [-0.3, -0.25) is 0 Å². The van der Waals surface area contributed by atoms with Crippen molar-refractivity contribution in [3.63, 3.8) is 0 Å². The zero-order valence-electron chi connectivity index (χ0n) is 15.7. The molecule has 1 heterocycles. The summed E-state index contributed by atoms with van der Waals surface area (Å²) in [5.41, 5.74) is 3.52. The van der Waals surface area contributed by atoms with Gasteiger partial charge in [-0.05, 0) is 48.7 Å². The minimum absolute atomic E-state index is 0.756. The number of ether oxygens (including phenoxy) is 1. The van der Waals surface area contributed by atoms with Crippen molar-refractivity contribution in [1.82, 2.24) is 14.9 Å². The van der Waals surface area contributed by atoms with Gasteiger partial charge < -0.3 is 4.74 Å². The average molecular weight is 381 g/mol. The molecular weight excluding hydrogens is 356 g/mol. The van der Waals surface area contributed by atoms with Gasteiger partial charge in [-0.2, -0.15) is 9.78 Å². The van der Waals surface area contributed by atoms with Crippen LogP contribution in [0.25, 0.3) is 0 Å². The zero-order valence-corrected chi connectivity index (χ0v) is 16.5. The van der Waals surface area contributed by atoms with Gasteiger partial charge in [0, 0.05) is 5.75 Å². The fraction of sp³-hybridized carbons (Fsp3) is 0.286. The quantitative estimate of drug-likeness (QED) is 0.300. The summed E-state index contributed by atoms with van der Waals surface area (Å²) in [6.07, 6.45) is 5.62. The molecule has 0 aliphatic carbocycles.